The van der Waals surface area contributed by atoms with Gasteiger partial charge in [-0.15, -0.1) is 0 Å². The van der Waals surface area contributed by atoms with Crippen LogP contribution in [0.1, 0.15) is 37.7 Å². The quantitative estimate of drug-likeness (QED) is 0.442. The molecule has 6 heteroatoms. The highest BCUT2D eigenvalue weighted by atomic mass is 35.5. The van der Waals surface area contributed by atoms with Crippen molar-refractivity contribution in [3.8, 4) is 0 Å². The second-order valence-electron chi connectivity index (χ2n) is 5.41. The van der Waals surface area contributed by atoms with Crippen LogP contribution in [0.2, 0.25) is 5.02 Å². The number of anilines is 1. The van der Waals surface area contributed by atoms with E-state index in [1.807, 2.05) is 19.1 Å². The molecule has 1 aromatic rings. The normalized spacial score (nSPS) is 15.5. The van der Waals surface area contributed by atoms with Gasteiger partial charge in [0.15, 0.2) is 11.1 Å². The molecule has 0 aliphatic heterocycles. The van der Waals surface area contributed by atoms with Crippen LogP contribution in [0.15, 0.2) is 18.2 Å². The van der Waals surface area contributed by atoms with Crippen LogP contribution in [0.3, 0.4) is 0 Å². The predicted octanol–water partition coefficient (Wildman–Crippen LogP) is 3.56. The fraction of sp³-hybridized carbons (Fsp3) is 0.467. The van der Waals surface area contributed by atoms with Gasteiger partial charge in [0.2, 0.25) is 0 Å². The van der Waals surface area contributed by atoms with Gasteiger partial charge < -0.3 is 11.1 Å². The van der Waals surface area contributed by atoms with E-state index < -0.39 is 0 Å². The maximum Gasteiger partial charge on any atom is 0.199 e. The number of hydrogen-bond donors (Lipinski definition) is 3. The second kappa shape index (κ2) is 7.09. The number of halogens is 1. The van der Waals surface area contributed by atoms with E-state index in [-0.39, 0.29) is 5.96 Å². The van der Waals surface area contributed by atoms with Crippen LogP contribution in [0.5, 0.6) is 0 Å². The van der Waals surface area contributed by atoms with Gasteiger partial charge in [-0.2, -0.15) is 0 Å². The lowest BCUT2D eigenvalue weighted by Crippen LogP contribution is -2.50. The molecule has 0 radical (unpaired) electrons. The zero-order valence-corrected chi connectivity index (χ0v) is 13.7. The van der Waals surface area contributed by atoms with Gasteiger partial charge >= 0.3 is 0 Å². The number of para-hydroxylation sites is 1. The standard InChI is InChI=1S/C15H21ClN4S/c1-10-6-5-9-12(16)13(10)20(14(17)18)15(21)19-11-7-3-2-4-8-11/h5-6,9,11H,2-4,7-8H2,1H3,(H3,17,18)(H,19,21). The zero-order chi connectivity index (χ0) is 15.4. The summed E-state index contributed by atoms with van der Waals surface area (Å²) in [6, 6.07) is 5.94. The van der Waals surface area contributed by atoms with E-state index in [0.29, 0.717) is 21.9 Å². The molecule has 4 nitrogen and oxygen atoms in total. The van der Waals surface area contributed by atoms with Crippen LogP contribution < -0.4 is 16.0 Å². The first-order valence-corrected chi connectivity index (χ1v) is 7.99. The molecule has 0 atom stereocenters. The molecule has 4 N–H and O–H groups in total. The molecule has 0 saturated heterocycles. The van der Waals surface area contributed by atoms with Crippen molar-refractivity contribution in [1.29, 1.82) is 5.41 Å². The van der Waals surface area contributed by atoms with Gasteiger partial charge in [-0.25, -0.2) is 0 Å². The first-order valence-electron chi connectivity index (χ1n) is 7.20. The van der Waals surface area contributed by atoms with E-state index in [9.17, 15) is 0 Å². The van der Waals surface area contributed by atoms with Crippen molar-refractivity contribution in [1.82, 2.24) is 5.32 Å². The maximum atomic E-state index is 7.85. The fourth-order valence-electron chi connectivity index (χ4n) is 2.72. The largest absolute Gasteiger partial charge is 0.369 e. The number of hydrogen-bond acceptors (Lipinski definition) is 2. The summed E-state index contributed by atoms with van der Waals surface area (Å²) in [5.41, 5.74) is 7.35. The van der Waals surface area contributed by atoms with E-state index in [0.717, 1.165) is 18.4 Å². The Bertz CT molecular complexity index is 520. The lowest BCUT2D eigenvalue weighted by atomic mass is 9.96. The number of nitrogens with zero attached hydrogens (tertiary/aromatic N) is 1. The molecule has 1 aliphatic carbocycles. The Labute approximate surface area is 136 Å². The highest BCUT2D eigenvalue weighted by molar-refractivity contribution is 7.80. The second-order valence-corrected chi connectivity index (χ2v) is 6.20. The molecule has 0 bridgehead atoms. The van der Waals surface area contributed by atoms with Crippen molar-refractivity contribution in [3.05, 3.63) is 28.8 Å². The van der Waals surface area contributed by atoms with Crippen LogP contribution in [-0.4, -0.2) is 17.1 Å². The average molecular weight is 325 g/mol. The molecule has 0 aromatic heterocycles. The number of thiocarbonyl (C=S) groups is 1. The van der Waals surface area contributed by atoms with Crippen molar-refractivity contribution >= 4 is 40.6 Å². The number of rotatable bonds is 2. The Balaban J connectivity index is 2.22. The summed E-state index contributed by atoms with van der Waals surface area (Å²) in [6.07, 6.45) is 5.92. The Hall–Kier alpha value is -1.33. The Morgan fingerprint density at radius 3 is 2.62 bits per heavy atom. The minimum atomic E-state index is -0.125. The van der Waals surface area contributed by atoms with Gasteiger partial charge in [0, 0.05) is 6.04 Å². The molecule has 1 aromatic carbocycles. The predicted molar refractivity (Wildman–Crippen MR) is 93.2 cm³/mol. The van der Waals surface area contributed by atoms with E-state index in [1.165, 1.54) is 24.2 Å². The van der Waals surface area contributed by atoms with Crippen molar-refractivity contribution in [2.45, 2.75) is 45.1 Å². The Morgan fingerprint density at radius 2 is 2.05 bits per heavy atom. The lowest BCUT2D eigenvalue weighted by molar-refractivity contribution is 0.414. The summed E-state index contributed by atoms with van der Waals surface area (Å²) in [7, 11) is 0. The van der Waals surface area contributed by atoms with E-state index in [4.69, 9.17) is 35.0 Å². The van der Waals surface area contributed by atoms with Crippen LogP contribution in [0, 0.1) is 12.3 Å². The smallest absolute Gasteiger partial charge is 0.199 e. The van der Waals surface area contributed by atoms with E-state index in [2.05, 4.69) is 5.32 Å². The SMILES string of the molecule is Cc1cccc(Cl)c1N(C(=N)N)C(=S)NC1CCCCC1. The van der Waals surface area contributed by atoms with Crippen LogP contribution >= 0.6 is 23.8 Å². The van der Waals surface area contributed by atoms with E-state index in [1.54, 1.807) is 6.07 Å². The summed E-state index contributed by atoms with van der Waals surface area (Å²) < 4.78 is 0. The van der Waals surface area contributed by atoms with Crippen LogP contribution in [0.4, 0.5) is 5.69 Å². The van der Waals surface area contributed by atoms with Gasteiger partial charge in [0.1, 0.15) is 0 Å². The number of nitrogens with one attached hydrogen (secondary N) is 2. The number of guanidine groups is 1. The zero-order valence-electron chi connectivity index (χ0n) is 12.2. The molecule has 0 amide bonds. The molecule has 114 valence electrons. The third-order valence-electron chi connectivity index (χ3n) is 3.79. The summed E-state index contributed by atoms with van der Waals surface area (Å²) in [5.74, 6) is -0.125. The minimum absolute atomic E-state index is 0.125. The first-order chi connectivity index (χ1) is 10.0. The minimum Gasteiger partial charge on any atom is -0.369 e. The van der Waals surface area contributed by atoms with Crippen molar-refractivity contribution in [2.24, 2.45) is 5.73 Å². The third kappa shape index (κ3) is 3.86. The molecule has 0 unspecified atom stereocenters. The first kappa shape index (κ1) is 16.0. The topological polar surface area (TPSA) is 65.1 Å². The Kier molecular flexibility index (Phi) is 5.42. The van der Waals surface area contributed by atoms with Gasteiger partial charge in [0.25, 0.3) is 0 Å². The van der Waals surface area contributed by atoms with Gasteiger partial charge in [-0.1, -0.05) is 43.0 Å². The molecule has 0 heterocycles. The highest BCUT2D eigenvalue weighted by Crippen LogP contribution is 2.29. The lowest BCUT2D eigenvalue weighted by Gasteiger charge is -2.31. The monoisotopic (exact) mass is 324 g/mol. The number of aryl methyl sites for hydroxylation is 1. The van der Waals surface area contributed by atoms with Crippen molar-refractivity contribution in [2.75, 3.05) is 4.90 Å². The molecule has 21 heavy (non-hydrogen) atoms. The maximum absolute atomic E-state index is 7.85. The summed E-state index contributed by atoms with van der Waals surface area (Å²) in [6.45, 7) is 1.93. The van der Waals surface area contributed by atoms with Gasteiger partial charge in [-0.3, -0.25) is 10.3 Å². The van der Waals surface area contributed by atoms with Gasteiger partial charge in [0.05, 0.1) is 10.7 Å². The van der Waals surface area contributed by atoms with Crippen molar-refractivity contribution < 1.29 is 0 Å². The summed E-state index contributed by atoms with van der Waals surface area (Å²) in [4.78, 5) is 1.52. The molecule has 0 spiro atoms. The number of nitrogens with two attached hydrogens (primary N) is 1. The molecule has 1 fully saturated rings. The third-order valence-corrected chi connectivity index (χ3v) is 4.39. The molecular formula is C15H21ClN4S. The molecule has 1 saturated carbocycles. The molecular weight excluding hydrogens is 304 g/mol. The molecule has 2 rings (SSSR count). The highest BCUT2D eigenvalue weighted by Gasteiger charge is 2.23. The van der Waals surface area contributed by atoms with E-state index >= 15 is 0 Å². The molecule has 1 aliphatic rings. The van der Waals surface area contributed by atoms with Crippen LogP contribution in [-0.2, 0) is 0 Å². The van der Waals surface area contributed by atoms with Crippen molar-refractivity contribution in [3.63, 3.8) is 0 Å². The number of benzene rings is 1. The fourth-order valence-corrected chi connectivity index (χ4v) is 3.39. The van der Waals surface area contributed by atoms with Crippen LogP contribution in [0.25, 0.3) is 0 Å². The summed E-state index contributed by atoms with van der Waals surface area (Å²) in [5, 5.41) is 12.2. The van der Waals surface area contributed by atoms with Gasteiger partial charge in [-0.05, 0) is 43.6 Å². The summed E-state index contributed by atoms with van der Waals surface area (Å²) >= 11 is 11.7. The Morgan fingerprint density at radius 1 is 1.38 bits per heavy atom. The average Bonchev–Trinajstić information content (AvgIpc) is 2.43.